The van der Waals surface area contributed by atoms with Crippen LogP contribution in [0.4, 0.5) is 0 Å². The predicted octanol–water partition coefficient (Wildman–Crippen LogP) is 3.04. The van der Waals surface area contributed by atoms with Crippen molar-refractivity contribution in [2.45, 2.75) is 12.8 Å². The van der Waals surface area contributed by atoms with Gasteiger partial charge in [-0.05, 0) is 42.8 Å². The molecule has 0 saturated carbocycles. The monoisotopic (exact) mass is 335 g/mol. The Morgan fingerprint density at radius 3 is 2.56 bits per heavy atom. The normalized spacial score (nSPS) is 14.3. The van der Waals surface area contributed by atoms with E-state index < -0.39 is 0 Å². The maximum absolute atomic E-state index is 6.16. The minimum atomic E-state index is 0.0252. The first-order valence-corrected chi connectivity index (χ1v) is 8.48. The summed E-state index contributed by atoms with van der Waals surface area (Å²) in [6.07, 6.45) is 0. The van der Waals surface area contributed by atoms with Gasteiger partial charge >= 0.3 is 0 Å². The van der Waals surface area contributed by atoms with Gasteiger partial charge in [-0.1, -0.05) is 24.3 Å². The standard InChI is InChI=1S/C20H21N3O2/c1-14-11-18(23(22-14)16-5-3-2-4-6-16)17(13-21)15-7-8-19-20(12-15)25-10-9-24-19/h2-8,11-12,17H,9-10,13,21H2,1H3. The number of aryl methyl sites for hydroxylation is 1. The van der Waals surface area contributed by atoms with Gasteiger partial charge in [0.2, 0.25) is 0 Å². The lowest BCUT2D eigenvalue weighted by atomic mass is 9.94. The van der Waals surface area contributed by atoms with Crippen LogP contribution in [0.15, 0.2) is 54.6 Å². The van der Waals surface area contributed by atoms with Gasteiger partial charge in [0.15, 0.2) is 11.5 Å². The van der Waals surface area contributed by atoms with Crippen LogP contribution in [0.25, 0.3) is 5.69 Å². The number of para-hydroxylation sites is 1. The third-order valence-corrected chi connectivity index (χ3v) is 4.42. The Kier molecular flexibility index (Phi) is 4.15. The first kappa shape index (κ1) is 15.7. The van der Waals surface area contributed by atoms with Crippen LogP contribution in [0, 0.1) is 6.92 Å². The van der Waals surface area contributed by atoms with Gasteiger partial charge in [0.05, 0.1) is 17.1 Å². The van der Waals surface area contributed by atoms with E-state index in [1.807, 2.05) is 54.1 Å². The molecule has 2 aromatic carbocycles. The Morgan fingerprint density at radius 1 is 1.04 bits per heavy atom. The van der Waals surface area contributed by atoms with Crippen molar-refractivity contribution < 1.29 is 9.47 Å². The smallest absolute Gasteiger partial charge is 0.161 e. The van der Waals surface area contributed by atoms with Crippen molar-refractivity contribution in [3.8, 4) is 17.2 Å². The Labute approximate surface area is 147 Å². The zero-order valence-corrected chi connectivity index (χ0v) is 14.2. The number of rotatable bonds is 4. The number of hydrogen-bond acceptors (Lipinski definition) is 4. The lowest BCUT2D eigenvalue weighted by Crippen LogP contribution is -2.19. The number of aromatic nitrogens is 2. The summed E-state index contributed by atoms with van der Waals surface area (Å²) in [6.45, 7) is 3.65. The van der Waals surface area contributed by atoms with Gasteiger partial charge in [0.1, 0.15) is 13.2 Å². The molecule has 1 atom stereocenters. The molecule has 25 heavy (non-hydrogen) atoms. The van der Waals surface area contributed by atoms with Crippen molar-refractivity contribution in [1.82, 2.24) is 9.78 Å². The fraction of sp³-hybridized carbons (Fsp3) is 0.250. The molecule has 5 heteroatoms. The summed E-state index contributed by atoms with van der Waals surface area (Å²) in [7, 11) is 0. The number of hydrogen-bond donors (Lipinski definition) is 1. The number of nitrogens with zero attached hydrogens (tertiary/aromatic N) is 2. The molecule has 3 aromatic rings. The minimum Gasteiger partial charge on any atom is -0.486 e. The topological polar surface area (TPSA) is 62.3 Å². The molecule has 0 saturated heterocycles. The van der Waals surface area contributed by atoms with Gasteiger partial charge in [-0.2, -0.15) is 5.10 Å². The van der Waals surface area contributed by atoms with Crippen molar-refractivity contribution in [1.29, 1.82) is 0 Å². The molecule has 128 valence electrons. The lowest BCUT2D eigenvalue weighted by molar-refractivity contribution is 0.171. The Balaban J connectivity index is 1.77. The van der Waals surface area contributed by atoms with E-state index in [4.69, 9.17) is 15.2 Å². The SMILES string of the molecule is Cc1cc(C(CN)c2ccc3c(c2)OCCO3)n(-c2ccccc2)n1. The second-order valence-corrected chi connectivity index (χ2v) is 6.15. The van der Waals surface area contributed by atoms with Crippen LogP contribution in [0.2, 0.25) is 0 Å². The van der Waals surface area contributed by atoms with Gasteiger partial charge in [0.25, 0.3) is 0 Å². The van der Waals surface area contributed by atoms with E-state index in [2.05, 4.69) is 17.2 Å². The lowest BCUT2D eigenvalue weighted by Gasteiger charge is -2.22. The molecule has 0 fully saturated rings. The van der Waals surface area contributed by atoms with E-state index in [-0.39, 0.29) is 5.92 Å². The highest BCUT2D eigenvalue weighted by atomic mass is 16.6. The van der Waals surface area contributed by atoms with E-state index in [0.717, 1.165) is 34.1 Å². The first-order valence-electron chi connectivity index (χ1n) is 8.48. The molecular formula is C20H21N3O2. The van der Waals surface area contributed by atoms with E-state index in [1.165, 1.54) is 0 Å². The van der Waals surface area contributed by atoms with Crippen molar-refractivity contribution in [3.05, 3.63) is 71.5 Å². The highest BCUT2D eigenvalue weighted by molar-refractivity contribution is 5.47. The summed E-state index contributed by atoms with van der Waals surface area (Å²) >= 11 is 0. The van der Waals surface area contributed by atoms with Crippen molar-refractivity contribution in [2.24, 2.45) is 5.73 Å². The summed E-state index contributed by atoms with van der Waals surface area (Å²) in [5.74, 6) is 1.60. The summed E-state index contributed by atoms with van der Waals surface area (Å²) in [5, 5.41) is 4.67. The molecule has 1 aliphatic rings. The fourth-order valence-electron chi connectivity index (χ4n) is 3.25. The maximum Gasteiger partial charge on any atom is 0.161 e. The van der Waals surface area contributed by atoms with Gasteiger partial charge in [-0.15, -0.1) is 0 Å². The number of fused-ring (bicyclic) bond motifs is 1. The van der Waals surface area contributed by atoms with Crippen LogP contribution < -0.4 is 15.2 Å². The number of ether oxygens (including phenoxy) is 2. The largest absolute Gasteiger partial charge is 0.486 e. The third kappa shape index (κ3) is 2.98. The van der Waals surface area contributed by atoms with Crippen LogP contribution in [0.5, 0.6) is 11.5 Å². The van der Waals surface area contributed by atoms with Crippen molar-refractivity contribution in [2.75, 3.05) is 19.8 Å². The Hall–Kier alpha value is -2.79. The molecule has 0 bridgehead atoms. The van der Waals surface area contributed by atoms with Crippen molar-refractivity contribution in [3.63, 3.8) is 0 Å². The molecule has 2 heterocycles. The summed E-state index contributed by atoms with van der Waals surface area (Å²) < 4.78 is 13.3. The fourth-order valence-corrected chi connectivity index (χ4v) is 3.25. The highest BCUT2D eigenvalue weighted by Crippen LogP contribution is 2.35. The van der Waals surface area contributed by atoms with Gasteiger partial charge in [-0.3, -0.25) is 0 Å². The van der Waals surface area contributed by atoms with Crippen LogP contribution in [0.3, 0.4) is 0 Å². The quantitative estimate of drug-likeness (QED) is 0.796. The van der Waals surface area contributed by atoms with E-state index in [9.17, 15) is 0 Å². The van der Waals surface area contributed by atoms with Crippen LogP contribution in [-0.4, -0.2) is 29.5 Å². The van der Waals surface area contributed by atoms with Gasteiger partial charge in [0, 0.05) is 12.5 Å². The molecular weight excluding hydrogens is 314 g/mol. The first-order chi connectivity index (χ1) is 12.3. The van der Waals surface area contributed by atoms with Crippen molar-refractivity contribution >= 4 is 0 Å². The molecule has 1 aromatic heterocycles. The molecule has 0 radical (unpaired) electrons. The molecule has 0 amide bonds. The predicted molar refractivity (Wildman–Crippen MR) is 96.6 cm³/mol. The van der Waals surface area contributed by atoms with Crippen LogP contribution in [0.1, 0.15) is 22.9 Å². The molecule has 4 rings (SSSR count). The van der Waals surface area contributed by atoms with Crippen LogP contribution >= 0.6 is 0 Å². The second kappa shape index (κ2) is 6.61. The zero-order chi connectivity index (χ0) is 17.2. The average molecular weight is 335 g/mol. The Bertz CT molecular complexity index is 874. The molecule has 0 spiro atoms. The summed E-state index contributed by atoms with van der Waals surface area (Å²) in [5.41, 5.74) is 10.3. The minimum absolute atomic E-state index is 0.0252. The number of nitrogens with two attached hydrogens (primary N) is 1. The van der Waals surface area contributed by atoms with Gasteiger partial charge < -0.3 is 15.2 Å². The van der Waals surface area contributed by atoms with E-state index in [0.29, 0.717) is 19.8 Å². The molecule has 1 aliphatic heterocycles. The average Bonchev–Trinajstić information content (AvgIpc) is 3.04. The molecule has 0 aliphatic carbocycles. The van der Waals surface area contributed by atoms with Gasteiger partial charge in [-0.25, -0.2) is 4.68 Å². The third-order valence-electron chi connectivity index (χ3n) is 4.42. The summed E-state index contributed by atoms with van der Waals surface area (Å²) in [4.78, 5) is 0. The van der Waals surface area contributed by atoms with E-state index >= 15 is 0 Å². The zero-order valence-electron chi connectivity index (χ0n) is 14.2. The van der Waals surface area contributed by atoms with E-state index in [1.54, 1.807) is 0 Å². The maximum atomic E-state index is 6.16. The number of benzene rings is 2. The van der Waals surface area contributed by atoms with Crippen LogP contribution in [-0.2, 0) is 0 Å². The highest BCUT2D eigenvalue weighted by Gasteiger charge is 2.22. The summed E-state index contributed by atoms with van der Waals surface area (Å²) in [6, 6.07) is 18.3. The molecule has 2 N–H and O–H groups in total. The Morgan fingerprint density at radius 2 is 1.80 bits per heavy atom. The molecule has 5 nitrogen and oxygen atoms in total. The second-order valence-electron chi connectivity index (χ2n) is 6.15. The molecule has 1 unspecified atom stereocenters.